The maximum absolute atomic E-state index is 12.5. The fourth-order valence-electron chi connectivity index (χ4n) is 3.11. The molecular formula is C18H21NO2S2. The van der Waals surface area contributed by atoms with Crippen molar-refractivity contribution < 1.29 is 9.21 Å². The van der Waals surface area contributed by atoms with Gasteiger partial charge in [-0.05, 0) is 36.6 Å². The monoisotopic (exact) mass is 347 g/mol. The van der Waals surface area contributed by atoms with E-state index in [1.165, 1.54) is 43.9 Å². The Morgan fingerprint density at radius 3 is 2.91 bits per heavy atom. The van der Waals surface area contributed by atoms with Gasteiger partial charge in [-0.3, -0.25) is 9.69 Å². The molecule has 0 N–H and O–H groups in total. The second-order valence-corrected chi connectivity index (χ2v) is 7.70. The van der Waals surface area contributed by atoms with E-state index in [0.717, 1.165) is 24.6 Å². The number of allylic oxidation sites excluding steroid dienone is 2. The van der Waals surface area contributed by atoms with E-state index in [2.05, 4.69) is 0 Å². The van der Waals surface area contributed by atoms with Crippen molar-refractivity contribution in [1.82, 2.24) is 4.90 Å². The second kappa shape index (κ2) is 7.97. The van der Waals surface area contributed by atoms with E-state index in [1.54, 1.807) is 11.2 Å². The van der Waals surface area contributed by atoms with Crippen LogP contribution in [0.1, 0.15) is 44.3 Å². The van der Waals surface area contributed by atoms with Gasteiger partial charge in [-0.25, -0.2) is 0 Å². The van der Waals surface area contributed by atoms with Crippen molar-refractivity contribution in [3.8, 4) is 0 Å². The molecule has 0 spiro atoms. The van der Waals surface area contributed by atoms with Crippen LogP contribution in [0.2, 0.25) is 0 Å². The maximum atomic E-state index is 12.5. The van der Waals surface area contributed by atoms with Gasteiger partial charge in [-0.15, -0.1) is 0 Å². The molecular weight excluding hydrogens is 326 g/mol. The number of thioether (sulfide) groups is 1. The van der Waals surface area contributed by atoms with E-state index < -0.39 is 0 Å². The fourth-order valence-corrected chi connectivity index (χ4v) is 4.37. The Morgan fingerprint density at radius 2 is 2.17 bits per heavy atom. The zero-order chi connectivity index (χ0) is 16.1. The van der Waals surface area contributed by atoms with Crippen molar-refractivity contribution >= 4 is 40.3 Å². The summed E-state index contributed by atoms with van der Waals surface area (Å²) in [5, 5.41) is 0. The van der Waals surface area contributed by atoms with Gasteiger partial charge in [0.1, 0.15) is 10.1 Å². The van der Waals surface area contributed by atoms with Crippen LogP contribution in [0.5, 0.6) is 0 Å². The fraction of sp³-hybridized carbons (Fsp3) is 0.444. The van der Waals surface area contributed by atoms with E-state index in [9.17, 15) is 4.79 Å². The number of amides is 1. The van der Waals surface area contributed by atoms with Crippen molar-refractivity contribution in [3.05, 3.63) is 41.2 Å². The van der Waals surface area contributed by atoms with E-state index >= 15 is 0 Å². The summed E-state index contributed by atoms with van der Waals surface area (Å²) in [6.07, 6.45) is 14.8. The molecule has 0 aromatic carbocycles. The minimum Gasteiger partial charge on any atom is -0.465 e. The number of furan rings is 1. The summed E-state index contributed by atoms with van der Waals surface area (Å²) in [5.41, 5.74) is 0. The predicted octanol–water partition coefficient (Wildman–Crippen LogP) is 5.01. The summed E-state index contributed by atoms with van der Waals surface area (Å²) < 4.78 is 5.91. The molecule has 3 nitrogen and oxygen atoms in total. The van der Waals surface area contributed by atoms with E-state index in [-0.39, 0.29) is 5.91 Å². The van der Waals surface area contributed by atoms with Crippen LogP contribution in [0, 0.1) is 5.92 Å². The number of rotatable bonds is 5. The minimum absolute atomic E-state index is 0.0416. The molecule has 0 atom stereocenters. The SMILES string of the molecule is O=C1/C(=C\C=C\c2ccco2)SC(=S)N1CCC1CCCCC1. The first-order chi connectivity index (χ1) is 11.2. The average molecular weight is 348 g/mol. The van der Waals surface area contributed by atoms with E-state index in [0.29, 0.717) is 9.23 Å². The van der Waals surface area contributed by atoms with Crippen LogP contribution in [-0.4, -0.2) is 21.7 Å². The maximum Gasteiger partial charge on any atom is 0.266 e. The van der Waals surface area contributed by atoms with Gasteiger partial charge in [0.2, 0.25) is 0 Å². The third kappa shape index (κ3) is 4.36. The first-order valence-electron chi connectivity index (χ1n) is 8.19. The van der Waals surface area contributed by atoms with Crippen LogP contribution < -0.4 is 0 Å². The van der Waals surface area contributed by atoms with Crippen LogP contribution in [0.15, 0.2) is 39.9 Å². The zero-order valence-electron chi connectivity index (χ0n) is 13.1. The van der Waals surface area contributed by atoms with Crippen LogP contribution in [-0.2, 0) is 4.79 Å². The Bertz CT molecular complexity index is 613. The lowest BCUT2D eigenvalue weighted by atomic mass is 9.87. The number of hydrogen-bond donors (Lipinski definition) is 0. The summed E-state index contributed by atoms with van der Waals surface area (Å²) in [4.78, 5) is 14.9. The molecule has 1 saturated carbocycles. The van der Waals surface area contributed by atoms with Crippen LogP contribution in [0.25, 0.3) is 6.08 Å². The molecule has 122 valence electrons. The first-order valence-corrected chi connectivity index (χ1v) is 9.42. The number of carbonyl (C=O) groups is 1. The summed E-state index contributed by atoms with van der Waals surface area (Å²) in [6.45, 7) is 0.759. The molecule has 1 aliphatic carbocycles. The highest BCUT2D eigenvalue weighted by atomic mass is 32.2. The largest absolute Gasteiger partial charge is 0.465 e. The third-order valence-corrected chi connectivity index (χ3v) is 5.81. The lowest BCUT2D eigenvalue weighted by Crippen LogP contribution is -2.30. The van der Waals surface area contributed by atoms with Crippen molar-refractivity contribution in [2.75, 3.05) is 6.54 Å². The summed E-state index contributed by atoms with van der Waals surface area (Å²) in [5.74, 6) is 1.57. The highest BCUT2D eigenvalue weighted by Gasteiger charge is 2.31. The number of thiocarbonyl (C=S) groups is 1. The minimum atomic E-state index is 0.0416. The Kier molecular flexibility index (Phi) is 5.73. The van der Waals surface area contributed by atoms with Gasteiger partial charge in [-0.1, -0.05) is 62.2 Å². The first kappa shape index (κ1) is 16.5. The summed E-state index contributed by atoms with van der Waals surface area (Å²) in [7, 11) is 0. The Labute approximate surface area is 146 Å². The Hall–Kier alpha value is -1.33. The lowest BCUT2D eigenvalue weighted by molar-refractivity contribution is -0.122. The second-order valence-electron chi connectivity index (χ2n) is 6.02. The van der Waals surface area contributed by atoms with Crippen LogP contribution >= 0.6 is 24.0 Å². The molecule has 1 aliphatic heterocycles. The summed E-state index contributed by atoms with van der Waals surface area (Å²) in [6, 6.07) is 3.71. The molecule has 1 amide bonds. The molecule has 1 saturated heterocycles. The van der Waals surface area contributed by atoms with Crippen LogP contribution in [0.3, 0.4) is 0 Å². The van der Waals surface area contributed by atoms with Crippen molar-refractivity contribution in [2.24, 2.45) is 5.92 Å². The molecule has 23 heavy (non-hydrogen) atoms. The Balaban J connectivity index is 1.56. The quantitative estimate of drug-likeness (QED) is 0.554. The van der Waals surface area contributed by atoms with Gasteiger partial charge < -0.3 is 4.42 Å². The normalized spacial score (nSPS) is 21.9. The zero-order valence-corrected chi connectivity index (χ0v) is 14.7. The van der Waals surface area contributed by atoms with Gasteiger partial charge in [0.15, 0.2) is 0 Å². The standard InChI is InChI=1S/C18H21NO2S2/c20-17-16(10-4-8-15-9-5-13-21-15)23-18(22)19(17)12-11-14-6-2-1-3-7-14/h4-5,8-10,13-14H,1-3,6-7,11-12H2/b8-4+,16-10+. The molecule has 2 fully saturated rings. The van der Waals surface area contributed by atoms with Gasteiger partial charge in [-0.2, -0.15) is 0 Å². The molecule has 0 radical (unpaired) electrons. The highest BCUT2D eigenvalue weighted by Crippen LogP contribution is 2.33. The highest BCUT2D eigenvalue weighted by molar-refractivity contribution is 8.26. The molecule has 2 aliphatic rings. The molecule has 3 rings (SSSR count). The molecule has 0 bridgehead atoms. The average Bonchev–Trinajstić information content (AvgIpc) is 3.16. The number of carbonyl (C=O) groups excluding carboxylic acids is 1. The molecule has 5 heteroatoms. The van der Waals surface area contributed by atoms with Crippen LogP contribution in [0.4, 0.5) is 0 Å². The topological polar surface area (TPSA) is 33.5 Å². The third-order valence-electron chi connectivity index (χ3n) is 4.41. The lowest BCUT2D eigenvalue weighted by Gasteiger charge is -2.23. The molecule has 0 unspecified atom stereocenters. The summed E-state index contributed by atoms with van der Waals surface area (Å²) >= 11 is 6.77. The molecule has 1 aromatic heterocycles. The van der Waals surface area contributed by atoms with Crippen molar-refractivity contribution in [2.45, 2.75) is 38.5 Å². The van der Waals surface area contributed by atoms with E-state index in [4.69, 9.17) is 16.6 Å². The van der Waals surface area contributed by atoms with Gasteiger partial charge >= 0.3 is 0 Å². The van der Waals surface area contributed by atoms with E-state index in [1.807, 2.05) is 30.4 Å². The van der Waals surface area contributed by atoms with Gasteiger partial charge in [0, 0.05) is 6.54 Å². The van der Waals surface area contributed by atoms with Crippen molar-refractivity contribution in [3.63, 3.8) is 0 Å². The smallest absolute Gasteiger partial charge is 0.266 e. The van der Waals surface area contributed by atoms with Crippen molar-refractivity contribution in [1.29, 1.82) is 0 Å². The molecule has 2 heterocycles. The van der Waals surface area contributed by atoms with Gasteiger partial charge in [0.05, 0.1) is 11.2 Å². The Morgan fingerprint density at radius 1 is 1.35 bits per heavy atom. The number of hydrogen-bond acceptors (Lipinski definition) is 4. The number of nitrogens with zero attached hydrogens (tertiary/aromatic N) is 1. The predicted molar refractivity (Wildman–Crippen MR) is 98.9 cm³/mol. The molecule has 1 aromatic rings. The van der Waals surface area contributed by atoms with Gasteiger partial charge in [0.25, 0.3) is 5.91 Å².